The number of nitrogens with one attached hydrogen (secondary N) is 2. The number of carbonyl (C=O) groups excluding carboxylic acids is 1. The van der Waals surface area contributed by atoms with E-state index in [4.69, 9.17) is 4.74 Å². The molecule has 1 aromatic heterocycles. The number of benzene rings is 2. The third kappa shape index (κ3) is 3.38. The van der Waals surface area contributed by atoms with E-state index in [1.165, 1.54) is 25.3 Å². The number of aromatic amines is 1. The van der Waals surface area contributed by atoms with Crippen molar-refractivity contribution in [2.24, 2.45) is 0 Å². The lowest BCUT2D eigenvalue weighted by atomic mass is 10.1. The fraction of sp³-hybridized carbons (Fsp3) is 0.158. The van der Waals surface area contributed by atoms with Gasteiger partial charge in [-0.15, -0.1) is 0 Å². The summed E-state index contributed by atoms with van der Waals surface area (Å²) < 4.78 is 18.7. The molecule has 0 aliphatic carbocycles. The van der Waals surface area contributed by atoms with E-state index < -0.39 is 17.8 Å². The lowest BCUT2D eigenvalue weighted by molar-refractivity contribution is 0.0941. The number of methoxy groups -OCH3 is 1. The third-order valence-electron chi connectivity index (χ3n) is 4.02. The van der Waals surface area contributed by atoms with Crippen LogP contribution >= 0.6 is 0 Å². The van der Waals surface area contributed by atoms with Crippen molar-refractivity contribution < 1.29 is 13.9 Å². The molecule has 5 nitrogen and oxygen atoms in total. The number of fused-ring (bicyclic) bond motifs is 1. The second-order valence-corrected chi connectivity index (χ2v) is 5.68. The zero-order valence-electron chi connectivity index (χ0n) is 13.8. The number of ether oxygens (including phenoxy) is 1. The number of H-pyrrole nitrogens is 1. The number of hydrogen-bond acceptors (Lipinski definition) is 3. The van der Waals surface area contributed by atoms with Crippen LogP contribution in [0.3, 0.4) is 0 Å². The van der Waals surface area contributed by atoms with Crippen LogP contribution in [0.2, 0.25) is 0 Å². The Morgan fingerprint density at radius 2 is 1.96 bits per heavy atom. The Hall–Kier alpha value is -3.15. The standard InChI is InChI=1S/C19H17FN2O3/c1-11(12-7-8-17(25-2)15(20)9-12)21-19(24)14-10-18(23)22-16-6-4-3-5-13(14)16/h3-11H,1-2H3,(H,21,24)(H,22,23). The van der Waals surface area contributed by atoms with Crippen molar-refractivity contribution in [3.8, 4) is 5.75 Å². The number of pyridine rings is 1. The summed E-state index contributed by atoms with van der Waals surface area (Å²) in [6.45, 7) is 1.74. The first kappa shape index (κ1) is 16.7. The fourth-order valence-electron chi connectivity index (χ4n) is 2.70. The van der Waals surface area contributed by atoms with Crippen LogP contribution in [0, 0.1) is 5.82 Å². The van der Waals surface area contributed by atoms with Crippen molar-refractivity contribution in [3.05, 3.63) is 75.8 Å². The molecule has 2 N–H and O–H groups in total. The zero-order chi connectivity index (χ0) is 18.0. The highest BCUT2D eigenvalue weighted by atomic mass is 19.1. The van der Waals surface area contributed by atoms with Crippen molar-refractivity contribution in [2.45, 2.75) is 13.0 Å². The van der Waals surface area contributed by atoms with Gasteiger partial charge in [0.1, 0.15) is 0 Å². The molecular weight excluding hydrogens is 323 g/mol. The summed E-state index contributed by atoms with van der Waals surface area (Å²) in [6, 6.07) is 12.4. The Balaban J connectivity index is 1.90. The van der Waals surface area contributed by atoms with Crippen LogP contribution in [0.15, 0.2) is 53.3 Å². The monoisotopic (exact) mass is 340 g/mol. The van der Waals surface area contributed by atoms with Gasteiger partial charge in [-0.3, -0.25) is 9.59 Å². The van der Waals surface area contributed by atoms with Gasteiger partial charge in [-0.2, -0.15) is 0 Å². The highest BCUT2D eigenvalue weighted by Crippen LogP contribution is 2.22. The van der Waals surface area contributed by atoms with E-state index in [0.717, 1.165) is 0 Å². The van der Waals surface area contributed by atoms with E-state index in [9.17, 15) is 14.0 Å². The summed E-state index contributed by atoms with van der Waals surface area (Å²) in [5.74, 6) is -0.753. The Kier molecular flexibility index (Phi) is 4.52. The maximum atomic E-state index is 13.8. The van der Waals surface area contributed by atoms with Gasteiger partial charge in [0.25, 0.3) is 5.91 Å². The SMILES string of the molecule is COc1ccc(C(C)NC(=O)c2cc(=O)[nH]c3ccccc23)cc1F. The first-order chi connectivity index (χ1) is 12.0. The molecule has 1 amide bonds. The van der Waals surface area contributed by atoms with Gasteiger partial charge >= 0.3 is 0 Å². The largest absolute Gasteiger partial charge is 0.494 e. The van der Waals surface area contributed by atoms with E-state index in [1.807, 2.05) is 0 Å². The Labute approximate surface area is 143 Å². The molecule has 1 heterocycles. The summed E-state index contributed by atoms with van der Waals surface area (Å²) in [6.07, 6.45) is 0. The van der Waals surface area contributed by atoms with E-state index >= 15 is 0 Å². The average Bonchev–Trinajstić information content (AvgIpc) is 2.60. The lowest BCUT2D eigenvalue weighted by Gasteiger charge is -2.16. The predicted octanol–water partition coefficient (Wildman–Crippen LogP) is 3.17. The minimum Gasteiger partial charge on any atom is -0.494 e. The second kappa shape index (κ2) is 6.76. The quantitative estimate of drug-likeness (QED) is 0.766. The maximum absolute atomic E-state index is 13.8. The zero-order valence-corrected chi connectivity index (χ0v) is 13.8. The highest BCUT2D eigenvalue weighted by molar-refractivity contribution is 6.06. The van der Waals surface area contributed by atoms with Gasteiger partial charge in [0.15, 0.2) is 11.6 Å². The number of carbonyl (C=O) groups is 1. The summed E-state index contributed by atoms with van der Waals surface area (Å²) in [5.41, 5.74) is 1.11. The molecule has 0 aliphatic rings. The summed E-state index contributed by atoms with van der Waals surface area (Å²) in [5, 5.41) is 3.44. The lowest BCUT2D eigenvalue weighted by Crippen LogP contribution is -2.28. The number of para-hydroxylation sites is 1. The summed E-state index contributed by atoms with van der Waals surface area (Å²) in [7, 11) is 1.39. The molecule has 6 heteroatoms. The van der Waals surface area contributed by atoms with Gasteiger partial charge in [0.2, 0.25) is 5.56 Å². The molecule has 2 aromatic carbocycles. The third-order valence-corrected chi connectivity index (χ3v) is 4.02. The highest BCUT2D eigenvalue weighted by Gasteiger charge is 2.16. The molecule has 0 radical (unpaired) electrons. The maximum Gasteiger partial charge on any atom is 0.252 e. The van der Waals surface area contributed by atoms with E-state index in [0.29, 0.717) is 16.5 Å². The number of aromatic nitrogens is 1. The topological polar surface area (TPSA) is 71.2 Å². The molecule has 1 unspecified atom stereocenters. The number of amides is 1. The molecule has 3 rings (SSSR count). The molecule has 3 aromatic rings. The van der Waals surface area contributed by atoms with Gasteiger partial charge in [-0.05, 0) is 30.7 Å². The van der Waals surface area contributed by atoms with Crippen molar-refractivity contribution in [2.75, 3.05) is 7.11 Å². The Morgan fingerprint density at radius 3 is 2.68 bits per heavy atom. The molecule has 0 spiro atoms. The minimum atomic E-state index is -0.497. The van der Waals surface area contributed by atoms with Crippen LogP contribution < -0.4 is 15.6 Å². The first-order valence-corrected chi connectivity index (χ1v) is 7.76. The number of rotatable bonds is 4. The molecule has 1 atom stereocenters. The molecule has 0 saturated heterocycles. The van der Waals surface area contributed by atoms with Crippen molar-refractivity contribution in [3.63, 3.8) is 0 Å². The molecule has 25 heavy (non-hydrogen) atoms. The minimum absolute atomic E-state index is 0.142. The van der Waals surface area contributed by atoms with E-state index in [-0.39, 0.29) is 16.9 Å². The second-order valence-electron chi connectivity index (χ2n) is 5.68. The van der Waals surface area contributed by atoms with E-state index in [2.05, 4.69) is 10.3 Å². The number of hydrogen-bond donors (Lipinski definition) is 2. The molecule has 128 valence electrons. The van der Waals surface area contributed by atoms with Crippen LogP contribution in [-0.2, 0) is 0 Å². The first-order valence-electron chi connectivity index (χ1n) is 7.76. The van der Waals surface area contributed by atoms with E-state index in [1.54, 1.807) is 37.3 Å². The molecule has 0 bridgehead atoms. The van der Waals surface area contributed by atoms with Crippen molar-refractivity contribution in [1.82, 2.24) is 10.3 Å². The van der Waals surface area contributed by atoms with Gasteiger partial charge in [-0.1, -0.05) is 24.3 Å². The summed E-state index contributed by atoms with van der Waals surface area (Å²) in [4.78, 5) is 27.1. The van der Waals surface area contributed by atoms with Crippen LogP contribution in [0.1, 0.15) is 28.9 Å². The van der Waals surface area contributed by atoms with Gasteiger partial charge in [-0.25, -0.2) is 4.39 Å². The van der Waals surface area contributed by atoms with Gasteiger partial charge in [0.05, 0.1) is 18.7 Å². The van der Waals surface area contributed by atoms with Crippen LogP contribution in [0.5, 0.6) is 5.75 Å². The van der Waals surface area contributed by atoms with Crippen molar-refractivity contribution in [1.29, 1.82) is 0 Å². The summed E-state index contributed by atoms with van der Waals surface area (Å²) >= 11 is 0. The molecular formula is C19H17FN2O3. The molecule has 0 fully saturated rings. The van der Waals surface area contributed by atoms with Crippen LogP contribution in [0.25, 0.3) is 10.9 Å². The van der Waals surface area contributed by atoms with Crippen LogP contribution in [0.4, 0.5) is 4.39 Å². The number of halogens is 1. The van der Waals surface area contributed by atoms with Gasteiger partial charge < -0.3 is 15.0 Å². The average molecular weight is 340 g/mol. The van der Waals surface area contributed by atoms with Gasteiger partial charge in [0, 0.05) is 17.0 Å². The Morgan fingerprint density at radius 1 is 1.20 bits per heavy atom. The smallest absolute Gasteiger partial charge is 0.252 e. The Bertz CT molecular complexity index is 997. The van der Waals surface area contributed by atoms with Crippen molar-refractivity contribution >= 4 is 16.8 Å². The molecule has 0 aliphatic heterocycles. The van der Waals surface area contributed by atoms with Crippen LogP contribution in [-0.4, -0.2) is 18.0 Å². The molecule has 0 saturated carbocycles. The fourth-order valence-corrected chi connectivity index (χ4v) is 2.70. The predicted molar refractivity (Wildman–Crippen MR) is 93.4 cm³/mol. The normalized spacial score (nSPS) is 12.0.